The van der Waals surface area contributed by atoms with Crippen LogP contribution in [0, 0.1) is 5.92 Å². The topological polar surface area (TPSA) is 281 Å². The van der Waals surface area contributed by atoms with Crippen molar-refractivity contribution in [2.45, 2.75) is 89.0 Å². The van der Waals surface area contributed by atoms with Gasteiger partial charge >= 0.3 is 11.9 Å². The van der Waals surface area contributed by atoms with Crippen molar-refractivity contribution in [3.05, 3.63) is 71.8 Å². The quantitative estimate of drug-likeness (QED) is 0.0438. The number of carbonyl (C=O) groups is 6. The van der Waals surface area contributed by atoms with E-state index in [1.165, 1.54) is 0 Å². The summed E-state index contributed by atoms with van der Waals surface area (Å²) >= 11 is 0. The van der Waals surface area contributed by atoms with E-state index in [1.807, 2.05) is 44.2 Å². The first-order chi connectivity index (χ1) is 24.2. The van der Waals surface area contributed by atoms with Crippen LogP contribution < -0.4 is 38.5 Å². The molecule has 16 heteroatoms. The van der Waals surface area contributed by atoms with Crippen molar-refractivity contribution in [3.8, 4) is 0 Å². The SMILES string of the molecule is CC(C)C[C@H](NC(=O)[C@@H](N)Cc1ccccc1)C(=O)N[C@@H](CCC(=O)O)C(=O)N[C@@H](CCCN=C(N)N)C(=O)N[C@@H](Cc1ccccc1)C(=O)O. The first kappa shape index (κ1) is 41.7. The standard InChI is InChI=1S/C35H50N8O8/c1-21(2)18-27(42-30(46)24(36)19-22-10-5-3-6-11-22)33(49)41-26(15-16-29(44)45)32(48)40-25(14-9-17-39-35(37)38)31(47)43-28(34(50)51)20-23-12-7-4-8-13-23/h3-8,10-13,21,24-28H,9,14-20,36H2,1-2H3,(H,40,48)(H,41,49)(H,42,46)(H,43,47)(H,44,45)(H,50,51)(H4,37,38,39)/t24-,25-,26-,27-,28-/m0/s1. The molecular weight excluding hydrogens is 660 g/mol. The molecule has 0 unspecified atom stereocenters. The van der Waals surface area contributed by atoms with E-state index >= 15 is 0 Å². The molecule has 2 aromatic carbocycles. The van der Waals surface area contributed by atoms with Crippen LogP contribution in [0.5, 0.6) is 0 Å². The third-order valence-electron chi connectivity index (χ3n) is 7.73. The summed E-state index contributed by atoms with van der Waals surface area (Å²) in [7, 11) is 0. The largest absolute Gasteiger partial charge is 0.481 e. The van der Waals surface area contributed by atoms with E-state index < -0.39 is 72.2 Å². The molecule has 0 fully saturated rings. The number of aliphatic carboxylic acids is 2. The lowest BCUT2D eigenvalue weighted by atomic mass is 10.0. The van der Waals surface area contributed by atoms with Crippen molar-refractivity contribution in [1.82, 2.24) is 21.3 Å². The van der Waals surface area contributed by atoms with E-state index in [-0.39, 0.29) is 56.9 Å². The normalized spacial score (nSPS) is 13.8. The Morgan fingerprint density at radius 2 is 1.14 bits per heavy atom. The Bertz CT molecular complexity index is 1490. The number of nitrogens with two attached hydrogens (primary N) is 3. The maximum absolute atomic E-state index is 13.6. The summed E-state index contributed by atoms with van der Waals surface area (Å²) in [5.41, 5.74) is 18.4. The van der Waals surface area contributed by atoms with Crippen molar-refractivity contribution in [3.63, 3.8) is 0 Å². The Morgan fingerprint density at radius 1 is 0.667 bits per heavy atom. The molecule has 0 aliphatic rings. The lowest BCUT2D eigenvalue weighted by molar-refractivity contribution is -0.142. The van der Waals surface area contributed by atoms with E-state index in [4.69, 9.17) is 17.2 Å². The molecule has 16 nitrogen and oxygen atoms in total. The van der Waals surface area contributed by atoms with Crippen LogP contribution in [0.1, 0.15) is 57.1 Å². The Balaban J connectivity index is 2.26. The lowest BCUT2D eigenvalue weighted by Gasteiger charge is -2.27. The number of hydrogen-bond donors (Lipinski definition) is 9. The van der Waals surface area contributed by atoms with E-state index in [9.17, 15) is 39.0 Å². The van der Waals surface area contributed by atoms with Crippen LogP contribution in [0.4, 0.5) is 0 Å². The fourth-order valence-electron chi connectivity index (χ4n) is 5.12. The summed E-state index contributed by atoms with van der Waals surface area (Å²) in [6.45, 7) is 3.76. The maximum Gasteiger partial charge on any atom is 0.326 e. The lowest BCUT2D eigenvalue weighted by Crippen LogP contribution is -2.58. The molecule has 0 aliphatic carbocycles. The van der Waals surface area contributed by atoms with Gasteiger partial charge in [-0.2, -0.15) is 0 Å². The summed E-state index contributed by atoms with van der Waals surface area (Å²) in [4.78, 5) is 81.1. The van der Waals surface area contributed by atoms with E-state index in [0.29, 0.717) is 5.56 Å². The molecule has 0 aliphatic heterocycles. The van der Waals surface area contributed by atoms with Crippen molar-refractivity contribution in [2.75, 3.05) is 6.54 Å². The number of amides is 4. The Kier molecular flexibility index (Phi) is 17.6. The van der Waals surface area contributed by atoms with Crippen molar-refractivity contribution in [1.29, 1.82) is 0 Å². The third kappa shape index (κ3) is 16.2. The molecule has 0 spiro atoms. The Labute approximate surface area is 297 Å². The van der Waals surface area contributed by atoms with Gasteiger partial charge in [0.2, 0.25) is 23.6 Å². The van der Waals surface area contributed by atoms with Gasteiger partial charge in [0, 0.05) is 19.4 Å². The van der Waals surface area contributed by atoms with E-state index in [0.717, 1.165) is 5.56 Å². The molecule has 2 aromatic rings. The molecule has 12 N–H and O–H groups in total. The van der Waals surface area contributed by atoms with Gasteiger partial charge in [-0.3, -0.25) is 29.0 Å². The number of aliphatic imine (C=N–C) groups is 1. The predicted octanol–water partition coefficient (Wildman–Crippen LogP) is -0.213. The second kappa shape index (κ2) is 21.5. The Morgan fingerprint density at radius 3 is 1.63 bits per heavy atom. The summed E-state index contributed by atoms with van der Waals surface area (Å²) in [6, 6.07) is 11.5. The molecule has 51 heavy (non-hydrogen) atoms. The number of hydrogen-bond acceptors (Lipinski definition) is 8. The zero-order valence-electron chi connectivity index (χ0n) is 28.9. The maximum atomic E-state index is 13.6. The second-order valence-corrected chi connectivity index (χ2v) is 12.6. The van der Waals surface area contributed by atoms with Gasteiger partial charge in [-0.05, 0) is 49.1 Å². The molecule has 4 amide bonds. The van der Waals surface area contributed by atoms with Crippen LogP contribution in [0.2, 0.25) is 0 Å². The minimum Gasteiger partial charge on any atom is -0.481 e. The average Bonchev–Trinajstić information content (AvgIpc) is 3.07. The first-order valence-electron chi connectivity index (χ1n) is 16.7. The zero-order chi connectivity index (χ0) is 37.9. The Hall–Kier alpha value is -5.51. The molecule has 0 radical (unpaired) electrons. The van der Waals surface area contributed by atoms with Gasteiger partial charge < -0.3 is 48.7 Å². The summed E-state index contributed by atoms with van der Waals surface area (Å²) in [5.74, 6) is -5.86. The third-order valence-corrected chi connectivity index (χ3v) is 7.73. The van der Waals surface area contributed by atoms with Crippen molar-refractivity contribution >= 4 is 41.5 Å². The summed E-state index contributed by atoms with van der Waals surface area (Å²) < 4.78 is 0. The van der Waals surface area contributed by atoms with Gasteiger partial charge in [0.1, 0.15) is 24.2 Å². The predicted molar refractivity (Wildman–Crippen MR) is 190 cm³/mol. The van der Waals surface area contributed by atoms with E-state index in [2.05, 4.69) is 26.3 Å². The van der Waals surface area contributed by atoms with E-state index in [1.54, 1.807) is 30.3 Å². The fourth-order valence-corrected chi connectivity index (χ4v) is 5.12. The smallest absolute Gasteiger partial charge is 0.326 e. The van der Waals surface area contributed by atoms with Gasteiger partial charge in [-0.1, -0.05) is 74.5 Å². The monoisotopic (exact) mass is 710 g/mol. The van der Waals surface area contributed by atoms with Crippen LogP contribution in [0.25, 0.3) is 0 Å². The van der Waals surface area contributed by atoms with Gasteiger partial charge in [0.15, 0.2) is 5.96 Å². The number of benzene rings is 2. The van der Waals surface area contributed by atoms with Gasteiger partial charge in [0.05, 0.1) is 6.04 Å². The van der Waals surface area contributed by atoms with Crippen molar-refractivity contribution < 1.29 is 39.0 Å². The molecule has 2 rings (SSSR count). The van der Waals surface area contributed by atoms with Crippen LogP contribution in [-0.2, 0) is 41.6 Å². The molecule has 0 saturated carbocycles. The molecular formula is C35H50N8O8. The molecule has 0 bridgehead atoms. The number of nitrogens with one attached hydrogen (secondary N) is 4. The molecule has 0 heterocycles. The summed E-state index contributed by atoms with van der Waals surface area (Å²) in [6.07, 6.45) is -0.338. The second-order valence-electron chi connectivity index (χ2n) is 12.6. The number of rotatable bonds is 22. The van der Waals surface area contributed by atoms with Gasteiger partial charge in [-0.15, -0.1) is 0 Å². The first-order valence-corrected chi connectivity index (χ1v) is 16.7. The number of carboxylic acid groups (broad SMARTS) is 2. The van der Waals surface area contributed by atoms with Crippen LogP contribution >= 0.6 is 0 Å². The van der Waals surface area contributed by atoms with Crippen molar-refractivity contribution in [2.24, 2.45) is 28.1 Å². The molecule has 0 saturated heterocycles. The fraction of sp³-hybridized carbons (Fsp3) is 0.457. The average molecular weight is 711 g/mol. The molecule has 278 valence electrons. The zero-order valence-corrected chi connectivity index (χ0v) is 28.9. The highest BCUT2D eigenvalue weighted by Gasteiger charge is 2.32. The molecule has 5 atom stereocenters. The number of guanidine groups is 1. The highest BCUT2D eigenvalue weighted by molar-refractivity contribution is 5.95. The molecule has 0 aromatic heterocycles. The summed E-state index contributed by atoms with van der Waals surface area (Å²) in [5, 5.41) is 29.4. The minimum atomic E-state index is -1.44. The number of carboxylic acids is 2. The minimum absolute atomic E-state index is 0.0308. The highest BCUT2D eigenvalue weighted by Crippen LogP contribution is 2.10. The number of carbonyl (C=O) groups excluding carboxylic acids is 4. The number of nitrogens with zero attached hydrogens (tertiary/aromatic N) is 1. The highest BCUT2D eigenvalue weighted by atomic mass is 16.4. The van der Waals surface area contributed by atoms with Crippen LogP contribution in [-0.4, -0.2) is 88.5 Å². The van der Waals surface area contributed by atoms with Gasteiger partial charge in [0.25, 0.3) is 0 Å². The van der Waals surface area contributed by atoms with Gasteiger partial charge in [-0.25, -0.2) is 4.79 Å². The van der Waals surface area contributed by atoms with Crippen LogP contribution in [0.3, 0.4) is 0 Å². The van der Waals surface area contributed by atoms with Crippen LogP contribution in [0.15, 0.2) is 65.7 Å².